The minimum atomic E-state index is 0.0766. The fourth-order valence-electron chi connectivity index (χ4n) is 3.42. The highest BCUT2D eigenvalue weighted by molar-refractivity contribution is 5.97. The lowest BCUT2D eigenvalue weighted by molar-refractivity contribution is 0.0761. The van der Waals surface area contributed by atoms with E-state index in [4.69, 9.17) is 0 Å². The largest absolute Gasteiger partial charge is 0.338 e. The fraction of sp³-hybridized carbons (Fsp3) is 0.300. The minimum Gasteiger partial charge on any atom is -0.338 e. The molecule has 0 aliphatic carbocycles. The average molecular weight is 334 g/mol. The predicted molar refractivity (Wildman–Crippen MR) is 97.3 cm³/mol. The highest BCUT2D eigenvalue weighted by atomic mass is 16.2. The topological polar surface area (TPSA) is 43.1 Å². The maximum atomic E-state index is 13.2. The Bertz CT molecular complexity index is 828. The zero-order chi connectivity index (χ0) is 17.1. The molecule has 0 bridgehead atoms. The number of carbonyl (C=O) groups excluding carboxylic acids is 1. The van der Waals surface area contributed by atoms with Crippen LogP contribution in [0.25, 0.3) is 11.5 Å². The lowest BCUT2D eigenvalue weighted by atomic mass is 10.2. The molecule has 5 nitrogen and oxygen atoms in total. The van der Waals surface area contributed by atoms with Gasteiger partial charge in [0, 0.05) is 25.5 Å². The van der Waals surface area contributed by atoms with Crippen LogP contribution in [0.3, 0.4) is 0 Å². The molecule has 25 heavy (non-hydrogen) atoms. The number of hydrogen-bond acceptors (Lipinski definition) is 2. The quantitative estimate of drug-likeness (QED) is 0.733. The maximum Gasteiger partial charge on any atom is 0.259 e. The van der Waals surface area contributed by atoms with Crippen LogP contribution in [-0.2, 0) is 0 Å². The van der Waals surface area contributed by atoms with E-state index in [-0.39, 0.29) is 5.91 Å². The second kappa shape index (κ2) is 6.97. The number of para-hydroxylation sites is 1. The summed E-state index contributed by atoms with van der Waals surface area (Å²) in [4.78, 5) is 15.2. The normalized spacial score (nSPS) is 15.1. The van der Waals surface area contributed by atoms with Crippen molar-refractivity contribution in [3.8, 4) is 11.5 Å². The second-order valence-electron chi connectivity index (χ2n) is 6.43. The number of aromatic nitrogens is 3. The number of carbonyl (C=O) groups is 1. The van der Waals surface area contributed by atoms with E-state index in [1.165, 1.54) is 12.8 Å². The van der Waals surface area contributed by atoms with Gasteiger partial charge in [0.15, 0.2) is 5.82 Å². The molecule has 0 radical (unpaired) electrons. The molecule has 2 aromatic heterocycles. The first-order chi connectivity index (χ1) is 12.3. The molecule has 0 saturated carbocycles. The molecule has 0 N–H and O–H groups in total. The fourth-order valence-corrected chi connectivity index (χ4v) is 3.42. The predicted octanol–water partition coefficient (Wildman–Crippen LogP) is 3.68. The Labute approximate surface area is 147 Å². The summed E-state index contributed by atoms with van der Waals surface area (Å²) in [6.07, 6.45) is 10.2. The van der Waals surface area contributed by atoms with Crippen molar-refractivity contribution in [2.75, 3.05) is 13.1 Å². The summed E-state index contributed by atoms with van der Waals surface area (Å²) in [7, 11) is 0. The van der Waals surface area contributed by atoms with Crippen molar-refractivity contribution in [2.45, 2.75) is 25.7 Å². The van der Waals surface area contributed by atoms with Gasteiger partial charge in [0.1, 0.15) is 5.56 Å². The van der Waals surface area contributed by atoms with Crippen LogP contribution in [0.5, 0.6) is 0 Å². The van der Waals surface area contributed by atoms with Crippen molar-refractivity contribution < 1.29 is 4.79 Å². The summed E-state index contributed by atoms with van der Waals surface area (Å²) in [6.45, 7) is 1.67. The molecule has 1 amide bonds. The standard InChI is InChI=1S/C20H22N4O/c25-20(23-14-6-1-2-7-15-23)18-16-21-24(17-10-4-3-5-11-17)19(18)22-12-8-9-13-22/h3-5,8-13,16H,1-2,6-7,14-15H2. The zero-order valence-corrected chi connectivity index (χ0v) is 14.2. The lowest BCUT2D eigenvalue weighted by Gasteiger charge is -2.20. The third-order valence-electron chi connectivity index (χ3n) is 4.72. The molecule has 1 fully saturated rings. The van der Waals surface area contributed by atoms with Crippen LogP contribution < -0.4 is 0 Å². The van der Waals surface area contributed by atoms with Gasteiger partial charge in [-0.2, -0.15) is 5.10 Å². The van der Waals surface area contributed by atoms with Gasteiger partial charge in [-0.3, -0.25) is 4.79 Å². The average Bonchev–Trinajstić information content (AvgIpc) is 3.25. The first-order valence-corrected chi connectivity index (χ1v) is 8.90. The van der Waals surface area contributed by atoms with Crippen molar-refractivity contribution in [3.63, 3.8) is 0 Å². The Morgan fingerprint density at radius 3 is 2.24 bits per heavy atom. The molecular formula is C20H22N4O. The molecule has 0 atom stereocenters. The summed E-state index contributed by atoms with van der Waals surface area (Å²) >= 11 is 0. The molecule has 128 valence electrons. The van der Waals surface area contributed by atoms with Crippen LogP contribution in [0.2, 0.25) is 0 Å². The van der Waals surface area contributed by atoms with E-state index in [9.17, 15) is 4.79 Å². The molecule has 3 aromatic rings. The first-order valence-electron chi connectivity index (χ1n) is 8.90. The van der Waals surface area contributed by atoms with E-state index >= 15 is 0 Å². The second-order valence-corrected chi connectivity index (χ2v) is 6.43. The van der Waals surface area contributed by atoms with Crippen molar-refractivity contribution in [1.82, 2.24) is 19.2 Å². The number of benzene rings is 1. The van der Waals surface area contributed by atoms with Crippen molar-refractivity contribution >= 4 is 5.91 Å². The first kappa shape index (κ1) is 15.7. The Kier molecular flexibility index (Phi) is 4.37. The highest BCUT2D eigenvalue weighted by Crippen LogP contribution is 2.22. The van der Waals surface area contributed by atoms with Gasteiger partial charge in [0.05, 0.1) is 11.9 Å². The summed E-state index contributed by atoms with van der Waals surface area (Å²) in [6, 6.07) is 13.9. The summed E-state index contributed by atoms with van der Waals surface area (Å²) in [5, 5.41) is 4.53. The molecule has 1 aromatic carbocycles. The van der Waals surface area contributed by atoms with E-state index in [1.54, 1.807) is 6.20 Å². The van der Waals surface area contributed by atoms with Gasteiger partial charge in [-0.25, -0.2) is 4.68 Å². The van der Waals surface area contributed by atoms with Crippen LogP contribution in [0, 0.1) is 0 Å². The van der Waals surface area contributed by atoms with Gasteiger partial charge in [-0.05, 0) is 37.1 Å². The van der Waals surface area contributed by atoms with E-state index in [2.05, 4.69) is 5.10 Å². The molecular weight excluding hydrogens is 312 g/mol. The SMILES string of the molecule is O=C(c1cnn(-c2ccccc2)c1-n1cccc1)N1CCCCCC1. The van der Waals surface area contributed by atoms with E-state index in [0.717, 1.165) is 37.4 Å². The van der Waals surface area contributed by atoms with E-state index in [1.807, 2.05) is 69.0 Å². The number of amides is 1. The molecule has 1 aliphatic rings. The summed E-state index contributed by atoms with van der Waals surface area (Å²) in [5.74, 6) is 0.873. The van der Waals surface area contributed by atoms with Crippen LogP contribution in [-0.4, -0.2) is 38.2 Å². The van der Waals surface area contributed by atoms with Crippen LogP contribution >= 0.6 is 0 Å². The number of likely N-dealkylation sites (tertiary alicyclic amines) is 1. The minimum absolute atomic E-state index is 0.0766. The van der Waals surface area contributed by atoms with Crippen molar-refractivity contribution in [1.29, 1.82) is 0 Å². The van der Waals surface area contributed by atoms with Gasteiger partial charge < -0.3 is 9.47 Å². The monoisotopic (exact) mass is 334 g/mol. The Hall–Kier alpha value is -2.82. The van der Waals surface area contributed by atoms with Gasteiger partial charge in [-0.15, -0.1) is 0 Å². The molecule has 1 aliphatic heterocycles. The van der Waals surface area contributed by atoms with Gasteiger partial charge >= 0.3 is 0 Å². The molecule has 4 rings (SSSR count). The Morgan fingerprint density at radius 1 is 0.880 bits per heavy atom. The van der Waals surface area contributed by atoms with Gasteiger partial charge in [-0.1, -0.05) is 31.0 Å². The smallest absolute Gasteiger partial charge is 0.259 e. The van der Waals surface area contributed by atoms with Gasteiger partial charge in [0.2, 0.25) is 0 Å². The molecule has 3 heterocycles. The number of hydrogen-bond donors (Lipinski definition) is 0. The summed E-state index contributed by atoms with van der Waals surface area (Å²) < 4.78 is 3.80. The summed E-state index contributed by atoms with van der Waals surface area (Å²) in [5.41, 5.74) is 1.60. The zero-order valence-electron chi connectivity index (χ0n) is 14.2. The number of nitrogens with zero attached hydrogens (tertiary/aromatic N) is 4. The third-order valence-corrected chi connectivity index (χ3v) is 4.72. The third kappa shape index (κ3) is 3.09. The van der Waals surface area contributed by atoms with Crippen LogP contribution in [0.4, 0.5) is 0 Å². The van der Waals surface area contributed by atoms with E-state index in [0.29, 0.717) is 5.56 Å². The molecule has 1 saturated heterocycles. The molecule has 0 unspecified atom stereocenters. The Balaban J connectivity index is 1.78. The van der Waals surface area contributed by atoms with Crippen molar-refractivity contribution in [3.05, 3.63) is 66.6 Å². The van der Waals surface area contributed by atoms with Crippen molar-refractivity contribution in [2.24, 2.45) is 0 Å². The highest BCUT2D eigenvalue weighted by Gasteiger charge is 2.24. The Morgan fingerprint density at radius 2 is 1.56 bits per heavy atom. The van der Waals surface area contributed by atoms with Crippen LogP contribution in [0.15, 0.2) is 61.1 Å². The van der Waals surface area contributed by atoms with E-state index < -0.39 is 0 Å². The molecule has 0 spiro atoms. The van der Waals surface area contributed by atoms with Crippen LogP contribution in [0.1, 0.15) is 36.0 Å². The lowest BCUT2D eigenvalue weighted by Crippen LogP contribution is -2.32. The number of rotatable bonds is 3. The molecule has 5 heteroatoms. The van der Waals surface area contributed by atoms with Gasteiger partial charge in [0.25, 0.3) is 5.91 Å². The maximum absolute atomic E-state index is 13.2.